The fourth-order valence-electron chi connectivity index (χ4n) is 2.28. The molecule has 6 nitrogen and oxygen atoms in total. The van der Waals surface area contributed by atoms with Gasteiger partial charge in [0, 0.05) is 11.0 Å². The van der Waals surface area contributed by atoms with Crippen LogP contribution in [0.4, 0.5) is 0 Å². The third-order valence-corrected chi connectivity index (χ3v) is 4.20. The summed E-state index contributed by atoms with van der Waals surface area (Å²) in [6.07, 6.45) is 21.7. The number of hydrogen-bond acceptors (Lipinski definition) is 5. The Kier molecular flexibility index (Phi) is 19.4. The highest BCUT2D eigenvalue weighted by Gasteiger charge is 2.17. The lowest BCUT2D eigenvalue weighted by atomic mass is 10.1. The first-order valence-electron chi connectivity index (χ1n) is 10.1. The fourth-order valence-corrected chi connectivity index (χ4v) is 2.58. The van der Waals surface area contributed by atoms with Crippen molar-refractivity contribution < 1.29 is 28.6 Å². The van der Waals surface area contributed by atoms with Crippen molar-refractivity contribution >= 4 is 14.2 Å². The molecule has 0 radical (unpaired) electrons. The van der Waals surface area contributed by atoms with Crippen molar-refractivity contribution in [3.8, 4) is 0 Å². The summed E-state index contributed by atoms with van der Waals surface area (Å²) in [7, 11) is -2.75. The molecule has 0 heterocycles. The van der Waals surface area contributed by atoms with Crippen LogP contribution < -0.4 is 0 Å². The lowest BCUT2D eigenvalue weighted by Gasteiger charge is -2.08. The molecule has 0 rings (SSSR count). The van der Waals surface area contributed by atoms with Gasteiger partial charge in [0.25, 0.3) is 0 Å². The average Bonchev–Trinajstić information content (AvgIpc) is 2.67. The summed E-state index contributed by atoms with van der Waals surface area (Å²) in [5, 5.41) is 9.39. The zero-order valence-electron chi connectivity index (χ0n) is 17.0. The maximum atomic E-state index is 11.5. The average molecular weight is 415 g/mol. The second-order valence-electron chi connectivity index (χ2n) is 6.50. The van der Waals surface area contributed by atoms with Gasteiger partial charge in [0.15, 0.2) is 0 Å². The molecule has 0 spiro atoms. The van der Waals surface area contributed by atoms with Gasteiger partial charge in [-0.05, 0) is 44.9 Å². The first-order valence-corrected chi connectivity index (χ1v) is 11.3. The molecule has 2 N–H and O–H groups in total. The van der Waals surface area contributed by atoms with E-state index in [1.54, 1.807) is 0 Å². The highest BCUT2D eigenvalue weighted by atomic mass is 31.1. The van der Waals surface area contributed by atoms with Crippen LogP contribution in [0.1, 0.15) is 71.1 Å². The molecule has 0 saturated heterocycles. The van der Waals surface area contributed by atoms with E-state index >= 15 is 0 Å². The molecule has 0 aliphatic rings. The van der Waals surface area contributed by atoms with Gasteiger partial charge >= 0.3 is 14.2 Å². The topological polar surface area (TPSA) is 93.1 Å². The van der Waals surface area contributed by atoms with Crippen LogP contribution in [-0.4, -0.2) is 35.3 Å². The zero-order chi connectivity index (χ0) is 20.9. The van der Waals surface area contributed by atoms with Crippen LogP contribution in [0.15, 0.2) is 36.5 Å². The highest BCUT2D eigenvalue weighted by molar-refractivity contribution is 7.32. The number of allylic oxidation sites excluding steroid dienone is 6. The Morgan fingerprint density at radius 2 is 1.50 bits per heavy atom. The molecule has 0 saturated carbocycles. The molecule has 0 aromatic carbocycles. The molecule has 0 bridgehead atoms. The maximum absolute atomic E-state index is 11.5. The standard InChI is InChI=1S/C21H35O6P/c1-2-3-4-5-6-7-8-9-10-11-12-13-14-15-16-17-21(23)26-18-20(22)19-27-28(24)25/h6-7,9-10,12-13,20,22H,2-5,8,11,14-19H2,1H3/p+1/b7-6+,10-9+,13-12+. The number of carbonyl (C=O) groups is 1. The number of ether oxygens (including phenoxy) is 1. The van der Waals surface area contributed by atoms with E-state index in [9.17, 15) is 14.5 Å². The smallest absolute Gasteiger partial charge is 0.463 e. The second kappa shape index (κ2) is 20.4. The van der Waals surface area contributed by atoms with Gasteiger partial charge in [-0.1, -0.05) is 56.2 Å². The van der Waals surface area contributed by atoms with E-state index in [0.29, 0.717) is 6.42 Å². The number of rotatable bonds is 18. The Hall–Kier alpha value is -1.33. The third-order valence-electron chi connectivity index (χ3n) is 3.83. The van der Waals surface area contributed by atoms with E-state index in [1.807, 2.05) is 0 Å². The number of hydrogen-bond donors (Lipinski definition) is 2. The van der Waals surface area contributed by atoms with Crippen LogP contribution in [0.2, 0.25) is 0 Å². The Balaban J connectivity index is 3.50. The normalized spacial score (nSPS) is 13.6. The van der Waals surface area contributed by atoms with E-state index in [4.69, 9.17) is 9.63 Å². The molecule has 0 aliphatic carbocycles. The van der Waals surface area contributed by atoms with Gasteiger partial charge in [-0.2, -0.15) is 0 Å². The molecule has 0 aliphatic heterocycles. The van der Waals surface area contributed by atoms with Crippen LogP contribution in [0.3, 0.4) is 0 Å². The van der Waals surface area contributed by atoms with Gasteiger partial charge in [0.1, 0.15) is 19.3 Å². The zero-order valence-corrected chi connectivity index (χ0v) is 17.9. The molecule has 0 aromatic heterocycles. The second-order valence-corrected chi connectivity index (χ2v) is 7.23. The Labute approximate surface area is 170 Å². The minimum atomic E-state index is -2.75. The van der Waals surface area contributed by atoms with Crippen LogP contribution in [0.5, 0.6) is 0 Å². The van der Waals surface area contributed by atoms with Crippen molar-refractivity contribution in [1.29, 1.82) is 0 Å². The van der Waals surface area contributed by atoms with E-state index in [1.165, 1.54) is 25.7 Å². The number of unbranched alkanes of at least 4 members (excludes halogenated alkanes) is 5. The van der Waals surface area contributed by atoms with Gasteiger partial charge in [-0.25, -0.2) is 0 Å². The van der Waals surface area contributed by atoms with Gasteiger partial charge in [-0.15, -0.1) is 9.42 Å². The molecule has 2 unspecified atom stereocenters. The molecule has 2 atom stereocenters. The van der Waals surface area contributed by atoms with Gasteiger partial charge in [-0.3, -0.25) is 4.79 Å². The Morgan fingerprint density at radius 3 is 2.07 bits per heavy atom. The Bertz CT molecular complexity index is 487. The predicted molar refractivity (Wildman–Crippen MR) is 112 cm³/mol. The fraction of sp³-hybridized carbons (Fsp3) is 0.667. The number of aliphatic hydroxyl groups is 1. The summed E-state index contributed by atoms with van der Waals surface area (Å²) in [5.41, 5.74) is 0. The van der Waals surface area contributed by atoms with Crippen molar-refractivity contribution in [2.45, 2.75) is 77.2 Å². The van der Waals surface area contributed by atoms with Crippen molar-refractivity contribution in [2.75, 3.05) is 13.2 Å². The molecular formula is C21H36O6P+. The van der Waals surface area contributed by atoms with E-state index < -0.39 is 14.4 Å². The predicted octanol–water partition coefficient (Wildman–Crippen LogP) is 5.15. The first kappa shape index (κ1) is 26.7. The summed E-state index contributed by atoms with van der Waals surface area (Å²) in [5.74, 6) is -0.387. The van der Waals surface area contributed by atoms with E-state index in [2.05, 4.69) is 47.9 Å². The summed E-state index contributed by atoms with van der Waals surface area (Å²) in [6, 6.07) is 0. The highest BCUT2D eigenvalue weighted by Crippen LogP contribution is 2.14. The van der Waals surface area contributed by atoms with Gasteiger partial charge < -0.3 is 9.84 Å². The molecule has 0 aromatic rings. The minimum absolute atomic E-state index is 0.234. The van der Waals surface area contributed by atoms with Crippen molar-refractivity contribution in [1.82, 2.24) is 0 Å². The van der Waals surface area contributed by atoms with E-state index in [0.717, 1.165) is 32.1 Å². The summed E-state index contributed by atoms with van der Waals surface area (Å²) in [4.78, 5) is 19.9. The monoisotopic (exact) mass is 415 g/mol. The minimum Gasteiger partial charge on any atom is -0.463 e. The molecule has 7 heteroatoms. The summed E-state index contributed by atoms with van der Waals surface area (Å²) >= 11 is 0. The summed E-state index contributed by atoms with van der Waals surface area (Å²) < 4.78 is 19.5. The Morgan fingerprint density at radius 1 is 0.929 bits per heavy atom. The largest absolute Gasteiger partial charge is 0.694 e. The molecule has 0 amide bonds. The quantitative estimate of drug-likeness (QED) is 0.139. The molecule has 0 fully saturated rings. The van der Waals surface area contributed by atoms with E-state index in [-0.39, 0.29) is 19.2 Å². The number of aliphatic hydroxyl groups excluding tert-OH is 1. The molecule has 160 valence electrons. The number of esters is 1. The lowest BCUT2D eigenvalue weighted by Crippen LogP contribution is -2.22. The molecular weight excluding hydrogens is 379 g/mol. The molecule has 28 heavy (non-hydrogen) atoms. The van der Waals surface area contributed by atoms with Crippen LogP contribution in [0, 0.1) is 0 Å². The third kappa shape index (κ3) is 21.0. The van der Waals surface area contributed by atoms with Crippen molar-refractivity contribution in [3.05, 3.63) is 36.5 Å². The van der Waals surface area contributed by atoms with Crippen LogP contribution in [-0.2, 0) is 18.6 Å². The van der Waals surface area contributed by atoms with Crippen molar-refractivity contribution in [3.63, 3.8) is 0 Å². The lowest BCUT2D eigenvalue weighted by molar-refractivity contribution is -0.147. The SMILES string of the molecule is CCCCC/C=C/C/C=C/C/C=C/CCCCC(=O)OCC(O)CO[P+](=O)O. The van der Waals surface area contributed by atoms with Crippen LogP contribution >= 0.6 is 8.25 Å². The van der Waals surface area contributed by atoms with Gasteiger partial charge in [0.2, 0.25) is 0 Å². The number of carbonyl (C=O) groups excluding carboxylic acids is 1. The van der Waals surface area contributed by atoms with Crippen molar-refractivity contribution in [2.24, 2.45) is 0 Å². The van der Waals surface area contributed by atoms with Crippen LogP contribution in [0.25, 0.3) is 0 Å². The first-order chi connectivity index (χ1) is 13.6. The summed E-state index contributed by atoms with van der Waals surface area (Å²) in [6.45, 7) is 1.64. The van der Waals surface area contributed by atoms with Gasteiger partial charge in [0.05, 0.1) is 0 Å². The maximum Gasteiger partial charge on any atom is 0.694 e.